The summed E-state index contributed by atoms with van der Waals surface area (Å²) in [6, 6.07) is 0. The summed E-state index contributed by atoms with van der Waals surface area (Å²) < 4.78 is 4.95. The molecule has 4 unspecified atom stereocenters. The van der Waals surface area contributed by atoms with E-state index in [4.69, 9.17) is 10.5 Å². The number of aliphatic hydroxyl groups is 2. The average Bonchev–Trinajstić information content (AvgIpc) is 1.97. The van der Waals surface area contributed by atoms with Crippen molar-refractivity contribution in [3.05, 3.63) is 12.3 Å². The fraction of sp³-hybridized carbons (Fsp3) is 0.714. The first-order chi connectivity index (χ1) is 5.04. The third kappa shape index (κ3) is 1.38. The van der Waals surface area contributed by atoms with Crippen LogP contribution in [-0.2, 0) is 4.74 Å². The standard InChI is InChI=1S/C7H13NO3/c1-3-4(2)11-7(8)6(10)5(3)9/h3,5-7,9-10H,2,8H2,1H3. The maximum absolute atomic E-state index is 9.32. The predicted octanol–water partition coefficient (Wildman–Crippen LogP) is -0.827. The lowest BCUT2D eigenvalue weighted by molar-refractivity contribution is -0.126. The van der Waals surface area contributed by atoms with Crippen LogP contribution in [0.5, 0.6) is 0 Å². The fourth-order valence-corrected chi connectivity index (χ4v) is 1.03. The first-order valence-corrected chi connectivity index (χ1v) is 3.51. The Balaban J connectivity index is 2.70. The molecule has 0 aromatic carbocycles. The lowest BCUT2D eigenvalue weighted by atomic mass is 9.95. The Morgan fingerprint density at radius 1 is 1.45 bits per heavy atom. The van der Waals surface area contributed by atoms with Gasteiger partial charge in [0.25, 0.3) is 0 Å². The zero-order chi connectivity index (χ0) is 8.59. The first-order valence-electron chi connectivity index (χ1n) is 3.51. The topological polar surface area (TPSA) is 75.7 Å². The maximum Gasteiger partial charge on any atom is 0.175 e. The van der Waals surface area contributed by atoms with Gasteiger partial charge in [-0.2, -0.15) is 0 Å². The van der Waals surface area contributed by atoms with Crippen molar-refractivity contribution in [3.63, 3.8) is 0 Å². The van der Waals surface area contributed by atoms with Gasteiger partial charge in [0.15, 0.2) is 6.23 Å². The molecule has 1 aliphatic heterocycles. The second-order valence-corrected chi connectivity index (χ2v) is 2.82. The zero-order valence-electron chi connectivity index (χ0n) is 6.40. The molecule has 64 valence electrons. The Bertz CT molecular complexity index is 171. The van der Waals surface area contributed by atoms with Gasteiger partial charge in [-0.3, -0.25) is 5.73 Å². The van der Waals surface area contributed by atoms with Crippen molar-refractivity contribution in [3.8, 4) is 0 Å². The van der Waals surface area contributed by atoms with Crippen molar-refractivity contribution in [2.24, 2.45) is 11.7 Å². The van der Waals surface area contributed by atoms with E-state index in [9.17, 15) is 10.2 Å². The van der Waals surface area contributed by atoms with Gasteiger partial charge >= 0.3 is 0 Å². The second kappa shape index (κ2) is 2.81. The summed E-state index contributed by atoms with van der Waals surface area (Å²) in [6.07, 6.45) is -2.74. The Morgan fingerprint density at radius 3 is 2.55 bits per heavy atom. The summed E-state index contributed by atoms with van der Waals surface area (Å²) in [7, 11) is 0. The highest BCUT2D eigenvalue weighted by molar-refractivity contribution is 5.00. The largest absolute Gasteiger partial charge is 0.477 e. The minimum atomic E-state index is -1.02. The summed E-state index contributed by atoms with van der Waals surface area (Å²) in [5.41, 5.74) is 5.33. The summed E-state index contributed by atoms with van der Waals surface area (Å²) >= 11 is 0. The minimum absolute atomic E-state index is 0.259. The molecular formula is C7H13NO3. The number of nitrogens with two attached hydrogens (primary N) is 1. The molecule has 4 heteroatoms. The lowest BCUT2D eigenvalue weighted by Gasteiger charge is -2.35. The van der Waals surface area contributed by atoms with Gasteiger partial charge in [0.05, 0.1) is 11.9 Å². The van der Waals surface area contributed by atoms with Crippen LogP contribution in [-0.4, -0.2) is 28.6 Å². The van der Waals surface area contributed by atoms with E-state index in [1.54, 1.807) is 6.92 Å². The second-order valence-electron chi connectivity index (χ2n) is 2.82. The van der Waals surface area contributed by atoms with Crippen molar-refractivity contribution in [1.82, 2.24) is 0 Å². The highest BCUT2D eigenvalue weighted by Gasteiger charge is 2.36. The van der Waals surface area contributed by atoms with Crippen molar-refractivity contribution in [2.45, 2.75) is 25.4 Å². The van der Waals surface area contributed by atoms with E-state index in [-0.39, 0.29) is 5.92 Å². The first kappa shape index (κ1) is 8.52. The lowest BCUT2D eigenvalue weighted by Crippen LogP contribution is -2.52. The average molecular weight is 159 g/mol. The summed E-state index contributed by atoms with van der Waals surface area (Å²) in [5, 5.41) is 18.5. The van der Waals surface area contributed by atoms with E-state index in [1.165, 1.54) is 0 Å². The van der Waals surface area contributed by atoms with Gasteiger partial charge in [-0.15, -0.1) is 0 Å². The van der Waals surface area contributed by atoms with Gasteiger partial charge in [0.2, 0.25) is 0 Å². The number of rotatable bonds is 0. The highest BCUT2D eigenvalue weighted by Crippen LogP contribution is 2.25. The molecule has 11 heavy (non-hydrogen) atoms. The highest BCUT2D eigenvalue weighted by atomic mass is 16.5. The summed E-state index contributed by atoms with van der Waals surface area (Å²) in [4.78, 5) is 0. The van der Waals surface area contributed by atoms with E-state index < -0.39 is 18.4 Å². The molecule has 0 aliphatic carbocycles. The molecule has 4 nitrogen and oxygen atoms in total. The molecule has 4 N–H and O–H groups in total. The van der Waals surface area contributed by atoms with Crippen LogP contribution in [0, 0.1) is 5.92 Å². The molecule has 1 heterocycles. The molecule has 0 spiro atoms. The quantitative estimate of drug-likeness (QED) is 0.431. The molecular weight excluding hydrogens is 146 g/mol. The monoisotopic (exact) mass is 159 g/mol. The molecule has 0 bridgehead atoms. The number of aliphatic hydroxyl groups excluding tert-OH is 2. The number of hydrogen-bond acceptors (Lipinski definition) is 4. The summed E-state index contributed by atoms with van der Waals surface area (Å²) in [5.74, 6) is 0.167. The van der Waals surface area contributed by atoms with Crippen molar-refractivity contribution in [1.29, 1.82) is 0 Å². The molecule has 0 radical (unpaired) electrons. The molecule has 1 aliphatic rings. The molecule has 0 saturated carbocycles. The third-order valence-corrected chi connectivity index (χ3v) is 1.99. The Kier molecular flexibility index (Phi) is 2.17. The van der Waals surface area contributed by atoms with Crippen molar-refractivity contribution < 1.29 is 14.9 Å². The fourth-order valence-electron chi connectivity index (χ4n) is 1.03. The van der Waals surface area contributed by atoms with Gasteiger partial charge in [-0.25, -0.2) is 0 Å². The van der Waals surface area contributed by atoms with Crippen LogP contribution in [0.3, 0.4) is 0 Å². The zero-order valence-corrected chi connectivity index (χ0v) is 6.40. The van der Waals surface area contributed by atoms with Gasteiger partial charge in [-0.1, -0.05) is 13.5 Å². The van der Waals surface area contributed by atoms with Gasteiger partial charge < -0.3 is 14.9 Å². The molecule has 1 fully saturated rings. The van der Waals surface area contributed by atoms with E-state index in [0.717, 1.165) is 0 Å². The normalized spacial score (nSPS) is 45.3. The molecule has 1 rings (SSSR count). The van der Waals surface area contributed by atoms with E-state index in [0.29, 0.717) is 5.76 Å². The molecule has 0 amide bonds. The van der Waals surface area contributed by atoms with Gasteiger partial charge in [0, 0.05) is 5.92 Å². The van der Waals surface area contributed by atoms with Crippen molar-refractivity contribution >= 4 is 0 Å². The van der Waals surface area contributed by atoms with Crippen molar-refractivity contribution in [2.75, 3.05) is 0 Å². The summed E-state index contributed by atoms with van der Waals surface area (Å²) in [6.45, 7) is 5.28. The number of hydrogen-bond donors (Lipinski definition) is 3. The molecule has 4 atom stereocenters. The maximum atomic E-state index is 9.32. The number of ether oxygens (including phenoxy) is 1. The Labute approximate surface area is 65.3 Å². The van der Waals surface area contributed by atoms with Crippen LogP contribution in [0.15, 0.2) is 12.3 Å². The SMILES string of the molecule is C=C1OC(N)C(O)C(O)C1C. The van der Waals surface area contributed by atoms with E-state index >= 15 is 0 Å². The van der Waals surface area contributed by atoms with Crippen LogP contribution in [0.25, 0.3) is 0 Å². The Morgan fingerprint density at radius 2 is 2.00 bits per heavy atom. The van der Waals surface area contributed by atoms with E-state index in [1.807, 2.05) is 0 Å². The third-order valence-electron chi connectivity index (χ3n) is 1.99. The molecule has 0 aromatic rings. The molecule has 0 aromatic heterocycles. The Hall–Kier alpha value is -0.580. The smallest absolute Gasteiger partial charge is 0.175 e. The van der Waals surface area contributed by atoms with Crippen LogP contribution >= 0.6 is 0 Å². The van der Waals surface area contributed by atoms with Crippen LogP contribution in [0.4, 0.5) is 0 Å². The van der Waals surface area contributed by atoms with Crippen LogP contribution in [0.2, 0.25) is 0 Å². The van der Waals surface area contributed by atoms with Gasteiger partial charge in [-0.05, 0) is 0 Å². The predicted molar refractivity (Wildman–Crippen MR) is 39.4 cm³/mol. The van der Waals surface area contributed by atoms with E-state index in [2.05, 4.69) is 6.58 Å². The van der Waals surface area contributed by atoms with Crippen LogP contribution < -0.4 is 5.73 Å². The van der Waals surface area contributed by atoms with Gasteiger partial charge in [0.1, 0.15) is 6.10 Å². The minimum Gasteiger partial charge on any atom is -0.477 e. The van der Waals surface area contributed by atoms with Crippen LogP contribution in [0.1, 0.15) is 6.92 Å². The molecule has 1 saturated heterocycles.